The zero-order chi connectivity index (χ0) is 30.0. The topological polar surface area (TPSA) is 86.4 Å². The molecule has 0 radical (unpaired) electrons. The fourth-order valence-electron chi connectivity index (χ4n) is 6.97. The van der Waals surface area contributed by atoms with Crippen LogP contribution in [0.5, 0.6) is 0 Å². The minimum atomic E-state index is 0.00758. The van der Waals surface area contributed by atoms with Crippen molar-refractivity contribution in [2.45, 2.75) is 74.1 Å². The van der Waals surface area contributed by atoms with E-state index in [0.29, 0.717) is 18.6 Å². The van der Waals surface area contributed by atoms with Crippen LogP contribution in [0, 0.1) is 17.8 Å². The molecule has 6 nitrogen and oxygen atoms in total. The monoisotopic (exact) mass is 560 g/mol. The van der Waals surface area contributed by atoms with E-state index in [-0.39, 0.29) is 23.5 Å². The number of aliphatic hydroxyl groups excluding tert-OH is 1. The number of aliphatic hydroxyl groups is 1. The van der Waals surface area contributed by atoms with Gasteiger partial charge in [0.25, 0.3) is 0 Å². The second-order valence-corrected chi connectivity index (χ2v) is 12.4. The average Bonchev–Trinajstić information content (AvgIpc) is 3.70. The number of Topliss-reactive ketones (excluding diaryl/α,β-unsaturated/α-hetero) is 1. The molecule has 6 aliphatic rings. The Bertz CT molecular complexity index is 1700. The van der Waals surface area contributed by atoms with Crippen molar-refractivity contribution in [3.8, 4) is 0 Å². The number of carbonyl (C=O) groups excluding carboxylic acids is 1. The third-order valence-electron chi connectivity index (χ3n) is 9.65. The number of ketones is 1. The van der Waals surface area contributed by atoms with E-state index in [1.165, 1.54) is 5.57 Å². The normalized spacial score (nSPS) is 24.9. The fourth-order valence-corrected chi connectivity index (χ4v) is 6.97. The van der Waals surface area contributed by atoms with Crippen molar-refractivity contribution < 1.29 is 9.90 Å². The zero-order valence-corrected chi connectivity index (χ0v) is 25.8. The van der Waals surface area contributed by atoms with Crippen LogP contribution < -0.4 is 5.32 Å². The molecule has 8 bridgehead atoms. The number of allylic oxidation sites excluding steroid dienone is 12. The number of fused-ring (bicyclic) bond motifs is 5. The number of rotatable bonds is 6. The molecule has 42 heavy (non-hydrogen) atoms. The van der Waals surface area contributed by atoms with Crippen molar-refractivity contribution >= 4 is 22.9 Å². The predicted octanol–water partition coefficient (Wildman–Crippen LogP) is 7.85. The van der Waals surface area contributed by atoms with E-state index in [2.05, 4.69) is 57.8 Å². The first kappa shape index (κ1) is 28.1. The van der Waals surface area contributed by atoms with Crippen LogP contribution in [0.2, 0.25) is 0 Å². The van der Waals surface area contributed by atoms with Crippen LogP contribution in [0.3, 0.4) is 0 Å². The van der Waals surface area contributed by atoms with Gasteiger partial charge in [0.05, 0.1) is 34.2 Å². The third kappa shape index (κ3) is 4.31. The molecule has 2 atom stereocenters. The molecule has 2 N–H and O–H groups in total. The SMILES string of the molecule is C=CC1=C(C)C2=NC1=CC1=NC(=CC3=C(C)C4=C(O)CC(=C5NC(=C2)C(C)C5CCC(=O)C(C)C)C4=N3)C(CC)=C1C. The Morgan fingerprint density at radius 3 is 2.48 bits per heavy atom. The van der Waals surface area contributed by atoms with Crippen molar-refractivity contribution in [3.63, 3.8) is 0 Å². The summed E-state index contributed by atoms with van der Waals surface area (Å²) in [6.07, 6.45) is 10.7. The molecule has 5 heterocycles. The summed E-state index contributed by atoms with van der Waals surface area (Å²) in [4.78, 5) is 28.0. The van der Waals surface area contributed by atoms with Gasteiger partial charge in [-0.3, -0.25) is 4.79 Å². The van der Waals surface area contributed by atoms with E-state index in [1.54, 1.807) is 0 Å². The van der Waals surface area contributed by atoms with E-state index in [1.807, 2.05) is 26.8 Å². The maximum absolute atomic E-state index is 12.7. The molecule has 5 aliphatic heterocycles. The number of aliphatic imine (C=N–C) groups is 3. The zero-order valence-electron chi connectivity index (χ0n) is 25.8. The van der Waals surface area contributed by atoms with Gasteiger partial charge in [0.15, 0.2) is 0 Å². The summed E-state index contributed by atoms with van der Waals surface area (Å²) in [7, 11) is 0. The first-order valence-electron chi connectivity index (χ1n) is 15.2. The molecule has 0 saturated carbocycles. The maximum Gasteiger partial charge on any atom is 0.135 e. The van der Waals surface area contributed by atoms with Crippen LogP contribution in [-0.2, 0) is 4.79 Å². The summed E-state index contributed by atoms with van der Waals surface area (Å²) in [5.74, 6) is 0.873. The van der Waals surface area contributed by atoms with Gasteiger partial charge >= 0.3 is 0 Å². The van der Waals surface area contributed by atoms with Gasteiger partial charge in [0.1, 0.15) is 11.5 Å². The lowest BCUT2D eigenvalue weighted by molar-refractivity contribution is -0.122. The lowest BCUT2D eigenvalue weighted by Gasteiger charge is -2.18. The van der Waals surface area contributed by atoms with Crippen LogP contribution in [0.25, 0.3) is 0 Å². The lowest BCUT2D eigenvalue weighted by Crippen LogP contribution is -2.16. The van der Waals surface area contributed by atoms with E-state index in [4.69, 9.17) is 15.0 Å². The quantitative estimate of drug-likeness (QED) is 0.347. The van der Waals surface area contributed by atoms with Gasteiger partial charge in [0, 0.05) is 58.7 Å². The van der Waals surface area contributed by atoms with Crippen LogP contribution in [0.15, 0.2) is 119 Å². The number of nitrogens with zero attached hydrogens (tertiary/aromatic N) is 3. The highest BCUT2D eigenvalue weighted by molar-refractivity contribution is 6.21. The van der Waals surface area contributed by atoms with Gasteiger partial charge < -0.3 is 10.4 Å². The summed E-state index contributed by atoms with van der Waals surface area (Å²) in [5.41, 5.74) is 14.6. The molecule has 1 aliphatic carbocycles. The van der Waals surface area contributed by atoms with Crippen LogP contribution in [0.1, 0.15) is 74.1 Å². The molecule has 0 amide bonds. The van der Waals surface area contributed by atoms with Crippen molar-refractivity contribution in [2.24, 2.45) is 32.7 Å². The van der Waals surface area contributed by atoms with Gasteiger partial charge in [-0.05, 0) is 74.1 Å². The fraction of sp³-hybridized carbons (Fsp3) is 0.389. The van der Waals surface area contributed by atoms with Gasteiger partial charge in [-0.15, -0.1) is 0 Å². The highest BCUT2D eigenvalue weighted by Crippen LogP contribution is 2.46. The predicted molar refractivity (Wildman–Crippen MR) is 171 cm³/mol. The van der Waals surface area contributed by atoms with E-state index in [0.717, 1.165) is 91.9 Å². The van der Waals surface area contributed by atoms with Crippen molar-refractivity contribution in [1.29, 1.82) is 0 Å². The summed E-state index contributed by atoms with van der Waals surface area (Å²) < 4.78 is 0. The largest absolute Gasteiger partial charge is 0.511 e. The Morgan fingerprint density at radius 1 is 1.07 bits per heavy atom. The Morgan fingerprint density at radius 2 is 1.79 bits per heavy atom. The highest BCUT2D eigenvalue weighted by atomic mass is 16.3. The van der Waals surface area contributed by atoms with Crippen LogP contribution >= 0.6 is 0 Å². The molecular formula is C36H40N4O2. The second-order valence-electron chi connectivity index (χ2n) is 12.4. The Labute approximate surface area is 248 Å². The molecule has 0 aromatic carbocycles. The first-order chi connectivity index (χ1) is 20.0. The smallest absolute Gasteiger partial charge is 0.135 e. The summed E-state index contributed by atoms with van der Waals surface area (Å²) >= 11 is 0. The van der Waals surface area contributed by atoms with E-state index >= 15 is 0 Å². The number of hydrogen-bond acceptors (Lipinski definition) is 6. The van der Waals surface area contributed by atoms with Gasteiger partial charge in [0.2, 0.25) is 0 Å². The van der Waals surface area contributed by atoms with Crippen LogP contribution in [-0.4, -0.2) is 28.0 Å². The molecule has 0 aromatic rings. The van der Waals surface area contributed by atoms with Crippen molar-refractivity contribution in [2.75, 3.05) is 0 Å². The van der Waals surface area contributed by atoms with Crippen LogP contribution in [0.4, 0.5) is 0 Å². The van der Waals surface area contributed by atoms with E-state index < -0.39 is 0 Å². The first-order valence-corrected chi connectivity index (χ1v) is 15.2. The highest BCUT2D eigenvalue weighted by Gasteiger charge is 2.41. The Balaban J connectivity index is 1.58. The maximum atomic E-state index is 12.7. The number of hydrogen-bond donors (Lipinski definition) is 2. The molecule has 216 valence electrons. The third-order valence-corrected chi connectivity index (χ3v) is 9.65. The van der Waals surface area contributed by atoms with Gasteiger partial charge in [-0.1, -0.05) is 40.3 Å². The molecule has 6 heteroatoms. The summed E-state index contributed by atoms with van der Waals surface area (Å²) in [6, 6.07) is 0. The van der Waals surface area contributed by atoms with Crippen molar-refractivity contribution in [1.82, 2.24) is 5.32 Å². The molecule has 1 fully saturated rings. The molecule has 6 rings (SSSR count). The minimum Gasteiger partial charge on any atom is -0.511 e. The van der Waals surface area contributed by atoms with E-state index in [9.17, 15) is 9.90 Å². The molecular weight excluding hydrogens is 520 g/mol. The average molecular weight is 561 g/mol. The number of nitrogens with one attached hydrogen (secondary N) is 1. The lowest BCUT2D eigenvalue weighted by atomic mass is 9.84. The number of carbonyl (C=O) groups is 1. The van der Waals surface area contributed by atoms with Gasteiger partial charge in [-0.25, -0.2) is 15.0 Å². The second kappa shape index (κ2) is 10.3. The molecule has 2 unspecified atom stereocenters. The Kier molecular flexibility index (Phi) is 6.91. The standard InChI is InChI=1S/C36H40N4O2/c1-9-22-18(5)26-14-28-20(7)24(11-12-32(41)17(3)4)35(39-28)25-13-33(42)34-21(8)29(40-36(25)34)16-31-23(10-2)19(6)27(38-31)15-30(22)37-26/h9,14-17,20,24,39,42H,1,10-13H2,2-8H3. The Hall–Kier alpha value is -4.06. The summed E-state index contributed by atoms with van der Waals surface area (Å²) in [6.45, 7) is 18.7. The van der Waals surface area contributed by atoms with Crippen molar-refractivity contribution in [3.05, 3.63) is 104 Å². The summed E-state index contributed by atoms with van der Waals surface area (Å²) in [5, 5.41) is 15.0. The van der Waals surface area contributed by atoms with Gasteiger partial charge in [-0.2, -0.15) is 0 Å². The minimum absolute atomic E-state index is 0.00758. The molecule has 1 saturated heterocycles. The molecule has 0 aromatic heterocycles. The molecule has 0 spiro atoms.